The van der Waals surface area contributed by atoms with Crippen molar-refractivity contribution in [1.82, 2.24) is 5.32 Å². The van der Waals surface area contributed by atoms with Crippen LogP contribution in [0.25, 0.3) is 0 Å². The van der Waals surface area contributed by atoms with Gasteiger partial charge in [0.1, 0.15) is 11.6 Å². The second-order valence-corrected chi connectivity index (χ2v) is 6.10. The number of hydrogen-bond donors (Lipinski definition) is 1. The molecule has 3 rings (SSSR count). The van der Waals surface area contributed by atoms with Gasteiger partial charge in [-0.15, -0.1) is 0 Å². The van der Waals surface area contributed by atoms with E-state index in [9.17, 15) is 22.8 Å². The molecule has 0 bridgehead atoms. The maximum Gasteiger partial charge on any atom is 0.387 e. The van der Waals surface area contributed by atoms with Crippen molar-refractivity contribution in [2.75, 3.05) is 11.4 Å². The Bertz CT molecular complexity index is 827. The Morgan fingerprint density at radius 2 is 1.89 bits per heavy atom. The summed E-state index contributed by atoms with van der Waals surface area (Å²) in [4.78, 5) is 25.8. The number of nitrogens with one attached hydrogen (secondary N) is 1. The summed E-state index contributed by atoms with van der Waals surface area (Å²) in [5.41, 5.74) is 0.854. The van der Waals surface area contributed by atoms with Gasteiger partial charge in [0.05, 0.1) is 11.6 Å². The largest absolute Gasteiger partial charge is 0.435 e. The zero-order chi connectivity index (χ0) is 19.4. The summed E-state index contributed by atoms with van der Waals surface area (Å²) in [6.07, 6.45) is 0.00132. The topological polar surface area (TPSA) is 58.6 Å². The molecule has 1 unspecified atom stereocenters. The highest BCUT2D eigenvalue weighted by Crippen LogP contribution is 2.27. The Labute approximate surface area is 153 Å². The van der Waals surface area contributed by atoms with E-state index in [1.54, 1.807) is 18.2 Å². The maximum absolute atomic E-state index is 13.9. The molecule has 1 aliphatic rings. The molecular weight excluding hydrogens is 361 g/mol. The van der Waals surface area contributed by atoms with Gasteiger partial charge in [0.15, 0.2) is 0 Å². The number of rotatable bonds is 6. The van der Waals surface area contributed by atoms with Gasteiger partial charge in [-0.1, -0.05) is 24.3 Å². The molecular formula is C19H17F3N2O3. The summed E-state index contributed by atoms with van der Waals surface area (Å²) < 4.78 is 42.4. The van der Waals surface area contributed by atoms with Crippen molar-refractivity contribution in [3.05, 3.63) is 59.9 Å². The van der Waals surface area contributed by atoms with E-state index < -0.39 is 18.3 Å². The number of carbonyl (C=O) groups is 2. The summed E-state index contributed by atoms with van der Waals surface area (Å²) >= 11 is 0. The van der Waals surface area contributed by atoms with Crippen LogP contribution in [0.5, 0.6) is 5.75 Å². The maximum atomic E-state index is 13.9. The van der Waals surface area contributed by atoms with E-state index >= 15 is 0 Å². The lowest BCUT2D eigenvalue weighted by Gasteiger charge is -2.17. The molecule has 2 aromatic carbocycles. The van der Waals surface area contributed by atoms with Crippen molar-refractivity contribution in [3.8, 4) is 5.75 Å². The molecule has 1 heterocycles. The molecule has 2 aromatic rings. The second kappa shape index (κ2) is 8.11. The number of nitrogens with zero attached hydrogens (tertiary/aromatic N) is 1. The van der Waals surface area contributed by atoms with Crippen molar-refractivity contribution >= 4 is 17.5 Å². The normalized spacial score (nSPS) is 16.7. The first kappa shape index (κ1) is 18.8. The number of alkyl halides is 2. The van der Waals surface area contributed by atoms with E-state index in [0.29, 0.717) is 5.56 Å². The Morgan fingerprint density at radius 3 is 2.56 bits per heavy atom. The SMILES string of the molecule is O=C(NCc1ccc(OC(F)F)cc1)C1CC(=O)N(c2ccccc2F)C1. The third-order valence-electron chi connectivity index (χ3n) is 4.25. The van der Waals surface area contributed by atoms with E-state index in [2.05, 4.69) is 10.1 Å². The van der Waals surface area contributed by atoms with Crippen LogP contribution in [0.15, 0.2) is 48.5 Å². The number of ether oxygens (including phenoxy) is 1. The van der Waals surface area contributed by atoms with E-state index in [1.165, 1.54) is 35.2 Å². The fourth-order valence-corrected chi connectivity index (χ4v) is 2.91. The molecule has 1 atom stereocenters. The average molecular weight is 378 g/mol. The van der Waals surface area contributed by atoms with Gasteiger partial charge in [-0.3, -0.25) is 9.59 Å². The number of benzene rings is 2. The van der Waals surface area contributed by atoms with Gasteiger partial charge in [-0.25, -0.2) is 4.39 Å². The van der Waals surface area contributed by atoms with Gasteiger partial charge in [0.25, 0.3) is 0 Å². The minimum Gasteiger partial charge on any atom is -0.435 e. The molecule has 0 spiro atoms. The van der Waals surface area contributed by atoms with Crippen LogP contribution in [-0.2, 0) is 16.1 Å². The lowest BCUT2D eigenvalue weighted by molar-refractivity contribution is -0.126. The minimum atomic E-state index is -2.90. The van der Waals surface area contributed by atoms with E-state index in [1.807, 2.05) is 0 Å². The Hall–Kier alpha value is -3.03. The highest BCUT2D eigenvalue weighted by atomic mass is 19.3. The molecule has 1 aliphatic heterocycles. The standard InChI is InChI=1S/C19H17F3N2O3/c20-15-3-1-2-4-16(15)24-11-13(9-17(24)25)18(26)23-10-12-5-7-14(8-6-12)27-19(21)22/h1-8,13,19H,9-11H2,(H,23,26). The lowest BCUT2D eigenvalue weighted by Crippen LogP contribution is -2.32. The van der Waals surface area contributed by atoms with Crippen LogP contribution < -0.4 is 15.0 Å². The van der Waals surface area contributed by atoms with Gasteiger partial charge >= 0.3 is 6.61 Å². The predicted octanol–water partition coefficient (Wildman–Crippen LogP) is 3.10. The average Bonchev–Trinajstić information content (AvgIpc) is 3.02. The van der Waals surface area contributed by atoms with Crippen molar-refractivity contribution in [1.29, 1.82) is 0 Å². The van der Waals surface area contributed by atoms with Gasteiger partial charge < -0.3 is 15.0 Å². The smallest absolute Gasteiger partial charge is 0.387 e. The third kappa shape index (κ3) is 4.58. The molecule has 27 heavy (non-hydrogen) atoms. The molecule has 1 N–H and O–H groups in total. The van der Waals surface area contributed by atoms with Crippen LogP contribution in [0.2, 0.25) is 0 Å². The molecule has 0 radical (unpaired) electrons. The summed E-state index contributed by atoms with van der Waals surface area (Å²) in [5, 5.41) is 2.71. The van der Waals surface area contributed by atoms with Crippen LogP contribution in [0.1, 0.15) is 12.0 Å². The number of hydrogen-bond acceptors (Lipinski definition) is 3. The van der Waals surface area contributed by atoms with E-state index in [0.717, 1.165) is 0 Å². The summed E-state index contributed by atoms with van der Waals surface area (Å²) in [6, 6.07) is 11.8. The minimum absolute atomic E-state index is 0.00132. The molecule has 8 heteroatoms. The number of anilines is 1. The lowest BCUT2D eigenvalue weighted by atomic mass is 10.1. The Balaban J connectivity index is 1.56. The summed E-state index contributed by atoms with van der Waals surface area (Å²) in [5.74, 6) is -1.71. The highest BCUT2D eigenvalue weighted by Gasteiger charge is 2.35. The number of para-hydroxylation sites is 1. The molecule has 1 fully saturated rings. The summed E-state index contributed by atoms with van der Waals surface area (Å²) in [6.45, 7) is -2.61. The van der Waals surface area contributed by atoms with Gasteiger partial charge in [-0.05, 0) is 29.8 Å². The monoisotopic (exact) mass is 378 g/mol. The Kier molecular flexibility index (Phi) is 5.63. The first-order valence-corrected chi connectivity index (χ1v) is 8.30. The molecule has 0 aromatic heterocycles. The zero-order valence-corrected chi connectivity index (χ0v) is 14.2. The number of amides is 2. The van der Waals surface area contributed by atoms with Crippen molar-refractivity contribution in [2.24, 2.45) is 5.92 Å². The van der Waals surface area contributed by atoms with Gasteiger partial charge in [-0.2, -0.15) is 8.78 Å². The Morgan fingerprint density at radius 1 is 1.19 bits per heavy atom. The van der Waals surface area contributed by atoms with Crippen LogP contribution in [-0.4, -0.2) is 25.0 Å². The third-order valence-corrected chi connectivity index (χ3v) is 4.25. The highest BCUT2D eigenvalue weighted by molar-refractivity contribution is 6.00. The molecule has 142 valence electrons. The first-order valence-electron chi connectivity index (χ1n) is 8.30. The van der Waals surface area contributed by atoms with Gasteiger partial charge in [0.2, 0.25) is 11.8 Å². The number of halogens is 3. The van der Waals surface area contributed by atoms with Gasteiger partial charge in [0, 0.05) is 19.5 Å². The van der Waals surface area contributed by atoms with Crippen LogP contribution in [0.4, 0.5) is 18.9 Å². The fraction of sp³-hybridized carbons (Fsp3) is 0.263. The van der Waals surface area contributed by atoms with E-state index in [4.69, 9.17) is 0 Å². The van der Waals surface area contributed by atoms with Crippen molar-refractivity contribution < 1.29 is 27.5 Å². The van der Waals surface area contributed by atoms with Crippen LogP contribution in [0.3, 0.4) is 0 Å². The summed E-state index contributed by atoms with van der Waals surface area (Å²) in [7, 11) is 0. The zero-order valence-electron chi connectivity index (χ0n) is 14.2. The quantitative estimate of drug-likeness (QED) is 0.840. The molecule has 5 nitrogen and oxygen atoms in total. The molecule has 1 saturated heterocycles. The van der Waals surface area contributed by atoms with Crippen LogP contribution >= 0.6 is 0 Å². The van der Waals surface area contributed by atoms with Crippen molar-refractivity contribution in [3.63, 3.8) is 0 Å². The van der Waals surface area contributed by atoms with Crippen LogP contribution in [0, 0.1) is 11.7 Å². The molecule has 0 saturated carbocycles. The van der Waals surface area contributed by atoms with E-state index in [-0.39, 0.29) is 42.8 Å². The molecule has 2 amide bonds. The van der Waals surface area contributed by atoms with Crippen molar-refractivity contribution in [2.45, 2.75) is 19.6 Å². The number of carbonyl (C=O) groups excluding carboxylic acids is 2. The first-order chi connectivity index (χ1) is 12.9. The fourth-order valence-electron chi connectivity index (χ4n) is 2.91. The second-order valence-electron chi connectivity index (χ2n) is 6.10. The predicted molar refractivity (Wildman–Crippen MR) is 91.8 cm³/mol. The molecule has 0 aliphatic carbocycles.